The zero-order valence-electron chi connectivity index (χ0n) is 5.62. The summed E-state index contributed by atoms with van der Waals surface area (Å²) < 4.78 is 2.01. The van der Waals surface area contributed by atoms with E-state index in [0.29, 0.717) is 4.60 Å². The van der Waals surface area contributed by atoms with Crippen LogP contribution in [0, 0.1) is 12.3 Å². The van der Waals surface area contributed by atoms with Gasteiger partial charge in [0.15, 0.2) is 0 Å². The van der Waals surface area contributed by atoms with E-state index in [2.05, 4.69) is 26.8 Å². The maximum Gasteiger partial charge on any atom is 0.270 e. The molecule has 0 radical (unpaired) electrons. The molecule has 1 rings (SSSR count). The van der Waals surface area contributed by atoms with Gasteiger partial charge in [0.1, 0.15) is 4.60 Å². The molecule has 0 aromatic carbocycles. The second kappa shape index (κ2) is 3.35. The van der Waals surface area contributed by atoms with Gasteiger partial charge in [-0.15, -0.1) is 6.42 Å². The topological polar surface area (TPSA) is 34.9 Å². The highest BCUT2D eigenvalue weighted by Crippen LogP contribution is 2.02. The zero-order valence-corrected chi connectivity index (χ0v) is 7.21. The van der Waals surface area contributed by atoms with Gasteiger partial charge in [-0.2, -0.15) is 0 Å². The molecule has 0 N–H and O–H groups in total. The molecule has 1 aromatic rings. The van der Waals surface area contributed by atoms with Crippen LogP contribution in [0.25, 0.3) is 0 Å². The first-order chi connectivity index (χ1) is 5.25. The Balaban J connectivity index is 3.24. The summed E-state index contributed by atoms with van der Waals surface area (Å²) in [6.45, 7) is 0.266. The summed E-state index contributed by atoms with van der Waals surface area (Å²) in [4.78, 5) is 14.7. The van der Waals surface area contributed by atoms with E-state index in [9.17, 15) is 4.79 Å². The van der Waals surface area contributed by atoms with E-state index in [-0.39, 0.29) is 12.1 Å². The van der Waals surface area contributed by atoms with Crippen molar-refractivity contribution >= 4 is 15.9 Å². The van der Waals surface area contributed by atoms with Crippen molar-refractivity contribution in [2.75, 3.05) is 0 Å². The fourth-order valence-electron chi connectivity index (χ4n) is 0.652. The molecule has 56 valence electrons. The van der Waals surface area contributed by atoms with Gasteiger partial charge in [-0.25, -0.2) is 0 Å². The minimum Gasteiger partial charge on any atom is -0.288 e. The molecule has 0 saturated carbocycles. The van der Waals surface area contributed by atoms with Crippen LogP contribution in [0.1, 0.15) is 0 Å². The van der Waals surface area contributed by atoms with Crippen molar-refractivity contribution in [3.8, 4) is 12.3 Å². The van der Waals surface area contributed by atoms with Crippen LogP contribution in [-0.4, -0.2) is 9.55 Å². The SMILES string of the molecule is C#CCn1c(Br)cncc1=O. The Morgan fingerprint density at radius 1 is 1.73 bits per heavy atom. The van der Waals surface area contributed by atoms with E-state index in [1.807, 2.05) is 0 Å². The number of aromatic nitrogens is 2. The number of rotatable bonds is 1. The quantitative estimate of drug-likeness (QED) is 0.641. The van der Waals surface area contributed by atoms with Crippen molar-refractivity contribution in [2.45, 2.75) is 6.54 Å². The summed E-state index contributed by atoms with van der Waals surface area (Å²) in [5, 5.41) is 0. The number of hydrogen-bond donors (Lipinski definition) is 0. The molecule has 1 heterocycles. The lowest BCUT2D eigenvalue weighted by Crippen LogP contribution is -2.19. The van der Waals surface area contributed by atoms with Crippen LogP contribution in [0.4, 0.5) is 0 Å². The molecule has 0 amide bonds. The van der Waals surface area contributed by atoms with Crippen LogP contribution >= 0.6 is 15.9 Å². The first kappa shape index (κ1) is 8.02. The first-order valence-electron chi connectivity index (χ1n) is 2.89. The van der Waals surface area contributed by atoms with E-state index in [1.165, 1.54) is 17.0 Å². The Bertz CT molecular complexity index is 350. The van der Waals surface area contributed by atoms with Crippen molar-refractivity contribution in [2.24, 2.45) is 0 Å². The number of halogens is 1. The molecule has 0 atom stereocenters. The molecule has 0 bridgehead atoms. The summed E-state index contributed by atoms with van der Waals surface area (Å²) in [6.07, 6.45) is 7.80. The van der Waals surface area contributed by atoms with Crippen molar-refractivity contribution in [1.29, 1.82) is 0 Å². The Hall–Kier alpha value is -1.08. The lowest BCUT2D eigenvalue weighted by atomic mass is 10.6. The molecule has 0 saturated heterocycles. The van der Waals surface area contributed by atoms with Crippen LogP contribution in [0.15, 0.2) is 21.8 Å². The van der Waals surface area contributed by atoms with Crippen molar-refractivity contribution in [3.63, 3.8) is 0 Å². The van der Waals surface area contributed by atoms with Crippen molar-refractivity contribution in [1.82, 2.24) is 9.55 Å². The highest BCUT2D eigenvalue weighted by molar-refractivity contribution is 9.10. The molecule has 0 fully saturated rings. The molecule has 3 nitrogen and oxygen atoms in total. The van der Waals surface area contributed by atoms with Gasteiger partial charge in [0.05, 0.1) is 18.9 Å². The van der Waals surface area contributed by atoms with Gasteiger partial charge in [0, 0.05) is 0 Å². The van der Waals surface area contributed by atoms with Gasteiger partial charge in [0.25, 0.3) is 5.56 Å². The molecule has 1 aromatic heterocycles. The lowest BCUT2D eigenvalue weighted by Gasteiger charge is -2.00. The molecular formula is C7H5BrN2O. The van der Waals surface area contributed by atoms with E-state index in [0.717, 1.165) is 0 Å². The van der Waals surface area contributed by atoms with Crippen molar-refractivity contribution in [3.05, 3.63) is 27.4 Å². The molecular weight excluding hydrogens is 208 g/mol. The molecule has 0 aliphatic heterocycles. The molecule has 0 spiro atoms. The fraction of sp³-hybridized carbons (Fsp3) is 0.143. The standard InChI is InChI=1S/C7H5BrN2O/c1-2-3-10-6(8)4-9-5-7(10)11/h1,4-5H,3H2. The molecule has 4 heteroatoms. The normalized spacial score (nSPS) is 9.09. The van der Waals surface area contributed by atoms with E-state index < -0.39 is 0 Å². The van der Waals surface area contributed by atoms with Gasteiger partial charge in [0.2, 0.25) is 0 Å². The first-order valence-corrected chi connectivity index (χ1v) is 3.69. The van der Waals surface area contributed by atoms with E-state index in [1.54, 1.807) is 0 Å². The van der Waals surface area contributed by atoms with Crippen LogP contribution in [0.2, 0.25) is 0 Å². The Morgan fingerprint density at radius 3 is 3.00 bits per heavy atom. The summed E-state index contributed by atoms with van der Waals surface area (Å²) >= 11 is 3.15. The summed E-state index contributed by atoms with van der Waals surface area (Å²) in [5.74, 6) is 2.37. The average Bonchev–Trinajstić information content (AvgIpc) is 1.97. The summed E-state index contributed by atoms with van der Waals surface area (Å²) in [6, 6.07) is 0. The maximum absolute atomic E-state index is 11.0. The lowest BCUT2D eigenvalue weighted by molar-refractivity contribution is 0.760. The van der Waals surface area contributed by atoms with Gasteiger partial charge in [-0.1, -0.05) is 5.92 Å². The van der Waals surface area contributed by atoms with Crippen LogP contribution < -0.4 is 5.56 Å². The zero-order chi connectivity index (χ0) is 8.27. The molecule has 0 unspecified atom stereocenters. The predicted molar refractivity (Wildman–Crippen MR) is 45.0 cm³/mol. The fourth-order valence-corrected chi connectivity index (χ4v) is 1.07. The van der Waals surface area contributed by atoms with Crippen LogP contribution in [0.3, 0.4) is 0 Å². The third-order valence-corrected chi connectivity index (χ3v) is 1.77. The minimum atomic E-state index is -0.197. The third-order valence-electron chi connectivity index (χ3n) is 1.14. The summed E-state index contributed by atoms with van der Waals surface area (Å²) in [7, 11) is 0. The summed E-state index contributed by atoms with van der Waals surface area (Å²) in [5.41, 5.74) is -0.197. The maximum atomic E-state index is 11.0. The number of hydrogen-bond acceptors (Lipinski definition) is 2. The van der Waals surface area contributed by atoms with Gasteiger partial charge in [-0.05, 0) is 15.9 Å². The van der Waals surface area contributed by atoms with Crippen LogP contribution in [0.5, 0.6) is 0 Å². The Morgan fingerprint density at radius 2 is 2.45 bits per heavy atom. The highest BCUT2D eigenvalue weighted by atomic mass is 79.9. The molecule has 0 aliphatic carbocycles. The Labute approximate surface area is 72.2 Å². The average molecular weight is 213 g/mol. The molecule has 11 heavy (non-hydrogen) atoms. The number of terminal acetylenes is 1. The smallest absolute Gasteiger partial charge is 0.270 e. The van der Waals surface area contributed by atoms with Crippen molar-refractivity contribution < 1.29 is 0 Å². The van der Waals surface area contributed by atoms with Gasteiger partial charge >= 0.3 is 0 Å². The second-order valence-corrected chi connectivity index (χ2v) is 2.67. The van der Waals surface area contributed by atoms with Gasteiger partial charge < -0.3 is 0 Å². The molecule has 0 aliphatic rings. The third kappa shape index (κ3) is 1.69. The predicted octanol–water partition coefficient (Wildman–Crippen LogP) is 0.639. The second-order valence-electron chi connectivity index (χ2n) is 1.86. The highest BCUT2D eigenvalue weighted by Gasteiger charge is 1.97. The van der Waals surface area contributed by atoms with E-state index in [4.69, 9.17) is 6.42 Å². The van der Waals surface area contributed by atoms with Gasteiger partial charge in [-0.3, -0.25) is 14.3 Å². The number of nitrogens with zero attached hydrogens (tertiary/aromatic N) is 2. The Kier molecular flexibility index (Phi) is 2.44. The monoisotopic (exact) mass is 212 g/mol. The minimum absolute atomic E-state index is 0.197. The van der Waals surface area contributed by atoms with Crippen LogP contribution in [-0.2, 0) is 6.54 Å². The van der Waals surface area contributed by atoms with E-state index >= 15 is 0 Å². The largest absolute Gasteiger partial charge is 0.288 e.